The molecular formula is C25H26N6O4. The van der Waals surface area contributed by atoms with Crippen LogP contribution in [0, 0.1) is 6.92 Å². The molecule has 1 N–H and O–H groups in total. The molecule has 10 nitrogen and oxygen atoms in total. The fourth-order valence-corrected chi connectivity index (χ4v) is 4.90. The summed E-state index contributed by atoms with van der Waals surface area (Å²) in [5.41, 5.74) is 1.29. The minimum absolute atomic E-state index is 0.235. The van der Waals surface area contributed by atoms with E-state index in [2.05, 4.69) is 25.6 Å². The molecule has 0 aliphatic carbocycles. The number of fused-ring (bicyclic) bond motifs is 3. The maximum atomic E-state index is 13.0. The third kappa shape index (κ3) is 4.21. The number of ether oxygens (including phenoxy) is 1. The van der Waals surface area contributed by atoms with Gasteiger partial charge in [0.25, 0.3) is 5.91 Å². The van der Waals surface area contributed by atoms with Crippen LogP contribution in [0.4, 0.5) is 0 Å². The van der Waals surface area contributed by atoms with E-state index in [1.165, 1.54) is 0 Å². The Balaban J connectivity index is 1.25. The van der Waals surface area contributed by atoms with Crippen molar-refractivity contribution in [2.75, 3.05) is 13.1 Å². The Morgan fingerprint density at radius 3 is 2.77 bits per heavy atom. The number of likely N-dealkylation sites (tertiary alicyclic amines) is 1. The van der Waals surface area contributed by atoms with E-state index < -0.39 is 5.60 Å². The molecule has 6 rings (SSSR count). The molecule has 0 saturated carbocycles. The summed E-state index contributed by atoms with van der Waals surface area (Å²) in [6.07, 6.45) is 3.79. The molecule has 180 valence electrons. The highest BCUT2D eigenvalue weighted by Crippen LogP contribution is 2.39. The van der Waals surface area contributed by atoms with Crippen LogP contribution in [0.3, 0.4) is 0 Å². The summed E-state index contributed by atoms with van der Waals surface area (Å²) in [5.74, 6) is 2.86. The van der Waals surface area contributed by atoms with Crippen molar-refractivity contribution >= 4 is 5.91 Å². The van der Waals surface area contributed by atoms with Crippen molar-refractivity contribution in [3.8, 4) is 11.4 Å². The van der Waals surface area contributed by atoms with Gasteiger partial charge in [-0.2, -0.15) is 0 Å². The maximum absolute atomic E-state index is 13.0. The van der Waals surface area contributed by atoms with E-state index in [-0.39, 0.29) is 18.3 Å². The number of nitrogens with zero attached hydrogens (tertiary/aromatic N) is 5. The van der Waals surface area contributed by atoms with E-state index in [0.29, 0.717) is 12.2 Å². The molecule has 35 heavy (non-hydrogen) atoms. The molecule has 5 heterocycles. The lowest BCUT2D eigenvalue weighted by Gasteiger charge is -2.40. The summed E-state index contributed by atoms with van der Waals surface area (Å²) in [7, 11) is 0. The Kier molecular flexibility index (Phi) is 5.37. The van der Waals surface area contributed by atoms with Crippen molar-refractivity contribution in [1.29, 1.82) is 0 Å². The molecule has 10 heteroatoms. The number of carbonyl (C=O) groups excluding carboxylic acids is 1. The predicted molar refractivity (Wildman–Crippen MR) is 124 cm³/mol. The highest BCUT2D eigenvalue weighted by molar-refractivity contribution is 5.91. The van der Waals surface area contributed by atoms with Crippen LogP contribution >= 0.6 is 0 Å². The van der Waals surface area contributed by atoms with E-state index in [9.17, 15) is 4.79 Å². The summed E-state index contributed by atoms with van der Waals surface area (Å²) in [4.78, 5) is 15.4. The second-order valence-electron chi connectivity index (χ2n) is 9.17. The number of hydrogen-bond donors (Lipinski definition) is 1. The van der Waals surface area contributed by atoms with Crippen molar-refractivity contribution in [1.82, 2.24) is 30.1 Å². The number of aromatic nitrogens is 4. The lowest BCUT2D eigenvalue weighted by atomic mass is 9.87. The number of nitrogens with one attached hydrogen (secondary N) is 1. The van der Waals surface area contributed by atoms with Crippen molar-refractivity contribution < 1.29 is 18.5 Å². The monoisotopic (exact) mass is 474 g/mol. The average Bonchev–Trinajstić information content (AvgIpc) is 3.60. The van der Waals surface area contributed by atoms with Crippen LogP contribution in [0.25, 0.3) is 5.69 Å². The second-order valence-corrected chi connectivity index (χ2v) is 9.17. The molecule has 1 amide bonds. The van der Waals surface area contributed by atoms with Crippen LogP contribution in [-0.2, 0) is 19.5 Å². The number of hydrogen-bond acceptors (Lipinski definition) is 8. The van der Waals surface area contributed by atoms with E-state index in [1.54, 1.807) is 12.3 Å². The smallest absolute Gasteiger partial charge is 0.289 e. The Bertz CT molecular complexity index is 1330. The molecule has 0 radical (unpaired) electrons. The second kappa shape index (κ2) is 8.70. The van der Waals surface area contributed by atoms with Gasteiger partial charge in [-0.05, 0) is 31.2 Å². The number of aryl methyl sites for hydroxylation is 1. The summed E-state index contributed by atoms with van der Waals surface area (Å²) in [6.45, 7) is 4.65. The van der Waals surface area contributed by atoms with E-state index in [0.717, 1.165) is 61.2 Å². The van der Waals surface area contributed by atoms with Gasteiger partial charge in [0, 0.05) is 45.0 Å². The van der Waals surface area contributed by atoms with Crippen LogP contribution in [-0.4, -0.2) is 49.4 Å². The van der Waals surface area contributed by atoms with Gasteiger partial charge in [-0.25, -0.2) is 0 Å². The zero-order chi connectivity index (χ0) is 23.8. The largest absolute Gasteiger partial charge is 0.485 e. The molecule has 1 saturated heterocycles. The summed E-state index contributed by atoms with van der Waals surface area (Å²) in [5, 5.41) is 15.7. The van der Waals surface area contributed by atoms with Crippen LogP contribution < -0.4 is 10.1 Å². The molecular weight excluding hydrogens is 448 g/mol. The van der Waals surface area contributed by atoms with Crippen LogP contribution in [0.2, 0.25) is 0 Å². The van der Waals surface area contributed by atoms with Crippen molar-refractivity contribution in [2.45, 2.75) is 44.9 Å². The highest BCUT2D eigenvalue weighted by Gasteiger charge is 2.42. The van der Waals surface area contributed by atoms with Gasteiger partial charge in [-0.15, -0.1) is 10.2 Å². The number of benzene rings is 1. The summed E-state index contributed by atoms with van der Waals surface area (Å²) < 4.78 is 19.0. The van der Waals surface area contributed by atoms with Crippen molar-refractivity contribution in [3.63, 3.8) is 0 Å². The number of piperidine rings is 1. The fraction of sp³-hybridized carbons (Fsp3) is 0.360. The minimum Gasteiger partial charge on any atom is -0.485 e. The number of carbonyl (C=O) groups is 1. The van der Waals surface area contributed by atoms with Gasteiger partial charge in [0.05, 0.1) is 24.2 Å². The van der Waals surface area contributed by atoms with Gasteiger partial charge < -0.3 is 19.0 Å². The van der Waals surface area contributed by atoms with E-state index in [1.807, 2.05) is 47.9 Å². The van der Waals surface area contributed by atoms with Crippen LogP contribution in [0.5, 0.6) is 5.75 Å². The molecule has 4 aromatic rings. The third-order valence-electron chi connectivity index (χ3n) is 6.68. The first-order valence-corrected chi connectivity index (χ1v) is 11.8. The number of rotatable bonds is 5. The van der Waals surface area contributed by atoms with Crippen molar-refractivity contribution in [3.05, 3.63) is 77.6 Å². The van der Waals surface area contributed by atoms with Gasteiger partial charge in [-0.3, -0.25) is 14.3 Å². The van der Waals surface area contributed by atoms with E-state index >= 15 is 0 Å². The van der Waals surface area contributed by atoms with Crippen LogP contribution in [0.15, 0.2) is 57.7 Å². The molecule has 3 aromatic heterocycles. The van der Waals surface area contributed by atoms with Gasteiger partial charge in [0.2, 0.25) is 5.82 Å². The topological polar surface area (TPSA) is 111 Å². The SMILES string of the molecule is Cc1cc(CN2CCC3(CC2)Cc2nnc(C(=O)NCc4ccco4)n2-c2ccccc2O3)no1. The van der Waals surface area contributed by atoms with E-state index in [4.69, 9.17) is 13.7 Å². The molecule has 0 bridgehead atoms. The molecule has 2 aliphatic heterocycles. The predicted octanol–water partition coefficient (Wildman–Crippen LogP) is 3.06. The molecule has 1 aromatic carbocycles. The first-order chi connectivity index (χ1) is 17.1. The quantitative estimate of drug-likeness (QED) is 0.470. The summed E-state index contributed by atoms with van der Waals surface area (Å²) in [6, 6.07) is 13.3. The Hall–Kier alpha value is -3.92. The number of furan rings is 1. The number of para-hydroxylation sites is 2. The lowest BCUT2D eigenvalue weighted by molar-refractivity contribution is -0.000119. The molecule has 2 aliphatic rings. The Labute approximate surface area is 201 Å². The normalized spacial score (nSPS) is 16.8. The first-order valence-electron chi connectivity index (χ1n) is 11.8. The zero-order valence-corrected chi connectivity index (χ0v) is 19.4. The number of amides is 1. The lowest BCUT2D eigenvalue weighted by Crippen LogP contribution is -2.49. The Morgan fingerprint density at radius 2 is 2.00 bits per heavy atom. The molecule has 0 unspecified atom stereocenters. The van der Waals surface area contributed by atoms with Crippen LogP contribution in [0.1, 0.15) is 46.5 Å². The molecule has 0 atom stereocenters. The fourth-order valence-electron chi connectivity index (χ4n) is 4.90. The summed E-state index contributed by atoms with van der Waals surface area (Å²) >= 11 is 0. The standard InChI is InChI=1S/C25H26N6O4/c1-17-13-18(29-35-17)16-30-10-8-25(9-11-30)14-22-27-28-23(24(32)26-15-19-5-4-12-33-19)31(22)20-6-2-3-7-21(20)34-25/h2-7,12-13H,8-11,14-16H2,1H3,(H,26,32). The van der Waals surface area contributed by atoms with Gasteiger partial charge in [0.15, 0.2) is 0 Å². The molecule has 1 spiro atoms. The van der Waals surface area contributed by atoms with Crippen molar-refractivity contribution in [2.24, 2.45) is 0 Å². The Morgan fingerprint density at radius 1 is 1.14 bits per heavy atom. The van der Waals surface area contributed by atoms with Gasteiger partial charge in [-0.1, -0.05) is 17.3 Å². The van der Waals surface area contributed by atoms with Gasteiger partial charge in [0.1, 0.15) is 28.7 Å². The average molecular weight is 475 g/mol. The maximum Gasteiger partial charge on any atom is 0.289 e. The zero-order valence-electron chi connectivity index (χ0n) is 19.4. The minimum atomic E-state index is -0.421. The molecule has 1 fully saturated rings. The first kappa shape index (κ1) is 21.6. The third-order valence-corrected chi connectivity index (χ3v) is 6.68. The highest BCUT2D eigenvalue weighted by atomic mass is 16.5. The van der Waals surface area contributed by atoms with Gasteiger partial charge >= 0.3 is 0 Å².